The summed E-state index contributed by atoms with van der Waals surface area (Å²) >= 11 is 1.46. The molecule has 2 aliphatic rings. The molecule has 1 nitrogen and oxygen atoms in total. The van der Waals surface area contributed by atoms with Crippen LogP contribution in [0, 0.1) is 6.07 Å². The Morgan fingerprint density at radius 3 is 1.94 bits per heavy atom. The first-order chi connectivity index (χ1) is 16.8. The van der Waals surface area contributed by atoms with Gasteiger partial charge in [-0.25, -0.2) is 0 Å². The van der Waals surface area contributed by atoms with Gasteiger partial charge in [0, 0.05) is 13.0 Å². The molecule has 35 heavy (non-hydrogen) atoms. The van der Waals surface area contributed by atoms with Gasteiger partial charge in [0.05, 0.1) is 0 Å². The topological polar surface area (TPSA) is 20.2 Å². The van der Waals surface area contributed by atoms with Crippen molar-refractivity contribution in [2.45, 2.75) is 12.3 Å². The van der Waals surface area contributed by atoms with E-state index in [0.29, 0.717) is 5.92 Å². The summed E-state index contributed by atoms with van der Waals surface area (Å²) in [6.45, 7) is 0. The number of aliphatic hydroxyl groups is 1. The molecule has 0 saturated heterocycles. The third-order valence-corrected chi connectivity index (χ3v) is 7.45. The van der Waals surface area contributed by atoms with Crippen molar-refractivity contribution < 1.29 is 41.7 Å². The Balaban J connectivity index is 0.000000183. The first kappa shape index (κ1) is 27.0. The predicted molar refractivity (Wildman–Crippen MR) is 139 cm³/mol. The summed E-state index contributed by atoms with van der Waals surface area (Å²) in [5.41, 5.74) is 9.66. The van der Waals surface area contributed by atoms with E-state index in [1.807, 2.05) is 6.07 Å². The molecule has 1 atom stereocenters. The summed E-state index contributed by atoms with van der Waals surface area (Å²) in [6, 6.07) is 39.6. The summed E-state index contributed by atoms with van der Waals surface area (Å²) in [6.07, 6.45) is 7.73. The van der Waals surface area contributed by atoms with Crippen LogP contribution in [-0.2, 0) is 24.2 Å². The molecule has 6 rings (SSSR count). The van der Waals surface area contributed by atoms with Crippen LogP contribution in [0.25, 0.3) is 11.1 Å². The average molecular weight is 554 g/mol. The standard InChI is InChI=1S/C18H13.C13H10.CH4O.ClH.Zr/c1-2-8-13(7-1)18-16-11-5-3-9-14(16)15-10-4-6-12-17(15)18;1-3-7-12(8-4-1)11-13-9-5-2-6-10-13;1-2;;/h1-7,9-11,18H,8H2;1-10H;2H,1H3;1H;/q-1;;;;+2/p-1. The number of aliphatic hydroxyl groups excluding tert-OH is 1. The summed E-state index contributed by atoms with van der Waals surface area (Å²) in [5, 5.41) is 7.00. The van der Waals surface area contributed by atoms with E-state index in [1.165, 1.54) is 66.4 Å². The Hall–Kier alpha value is -2.64. The molecular formula is C32H27ClOZr. The normalized spacial score (nSPS) is 14.2. The molecule has 2 aliphatic carbocycles. The zero-order valence-corrected chi connectivity index (χ0v) is 22.9. The van der Waals surface area contributed by atoms with Gasteiger partial charge in [0.25, 0.3) is 0 Å². The van der Waals surface area contributed by atoms with Crippen molar-refractivity contribution in [1.82, 2.24) is 0 Å². The number of fused-ring (bicyclic) bond motifs is 3. The summed E-state index contributed by atoms with van der Waals surface area (Å²) in [7, 11) is 1.00. The van der Waals surface area contributed by atoms with Gasteiger partial charge >= 0.3 is 99.2 Å². The first-order valence-electron chi connectivity index (χ1n) is 11.4. The van der Waals surface area contributed by atoms with Crippen molar-refractivity contribution in [2.75, 3.05) is 7.11 Å². The molecule has 0 fully saturated rings. The minimum atomic E-state index is 0. The van der Waals surface area contributed by atoms with Gasteiger partial charge in [-0.05, 0) is 12.0 Å². The fraction of sp³-hybridized carbons (Fsp3) is 0.0938. The maximum atomic E-state index is 7.00. The molecule has 0 amide bonds. The van der Waals surface area contributed by atoms with Gasteiger partial charge in [0.1, 0.15) is 0 Å². The van der Waals surface area contributed by atoms with Crippen LogP contribution in [0.3, 0.4) is 0 Å². The Bertz CT molecular complexity index is 1220. The number of halogens is 1. The molecule has 4 aromatic rings. The SMILES string of the molecule is CO.[Cl-].[Zr+2]=[C](c1ccccc1)c1ccccc1.[c-]1cccc2c1C(C1=CC=CC1)c1ccccc1-2. The third-order valence-electron chi connectivity index (χ3n) is 6.03. The van der Waals surface area contributed by atoms with Crippen LogP contribution in [0.5, 0.6) is 0 Å². The molecule has 1 unspecified atom stereocenters. The molecule has 0 radical (unpaired) electrons. The van der Waals surface area contributed by atoms with Crippen LogP contribution in [0.2, 0.25) is 0 Å². The zero-order chi connectivity index (χ0) is 23.8. The van der Waals surface area contributed by atoms with Crippen LogP contribution in [0.4, 0.5) is 0 Å². The number of allylic oxidation sites excluding steroid dienone is 4. The third kappa shape index (κ3) is 6.14. The van der Waals surface area contributed by atoms with E-state index in [4.69, 9.17) is 5.11 Å². The molecule has 0 saturated carbocycles. The van der Waals surface area contributed by atoms with Gasteiger partial charge in [-0.15, -0.1) is 11.1 Å². The van der Waals surface area contributed by atoms with Crippen LogP contribution >= 0.6 is 0 Å². The summed E-state index contributed by atoms with van der Waals surface area (Å²) in [5.74, 6) is 0.410. The van der Waals surface area contributed by atoms with Crippen molar-refractivity contribution in [3.05, 3.63) is 155 Å². The number of hydrogen-bond acceptors (Lipinski definition) is 1. The monoisotopic (exact) mass is 552 g/mol. The van der Waals surface area contributed by atoms with Gasteiger partial charge in [0.2, 0.25) is 0 Å². The van der Waals surface area contributed by atoms with Crippen molar-refractivity contribution in [3.63, 3.8) is 0 Å². The molecule has 0 spiro atoms. The zero-order valence-electron chi connectivity index (χ0n) is 19.7. The largest absolute Gasteiger partial charge is 0.179 e. The van der Waals surface area contributed by atoms with Crippen molar-refractivity contribution in [3.8, 4) is 11.1 Å². The maximum Gasteiger partial charge on any atom is 0.00806 e. The average Bonchev–Trinajstić information content (AvgIpc) is 3.57. The van der Waals surface area contributed by atoms with Crippen LogP contribution in [0.15, 0.2) is 127 Å². The molecule has 4 aromatic carbocycles. The van der Waals surface area contributed by atoms with E-state index in [2.05, 4.69) is 121 Å². The van der Waals surface area contributed by atoms with E-state index < -0.39 is 0 Å². The van der Waals surface area contributed by atoms with Crippen molar-refractivity contribution in [2.24, 2.45) is 0 Å². The van der Waals surface area contributed by atoms with Crippen LogP contribution < -0.4 is 12.4 Å². The Morgan fingerprint density at radius 2 is 1.34 bits per heavy atom. The van der Waals surface area contributed by atoms with Gasteiger partial charge in [0.15, 0.2) is 0 Å². The minimum Gasteiger partial charge on any atom is -0.179 e. The molecular weight excluding hydrogens is 527 g/mol. The second-order valence-electron chi connectivity index (χ2n) is 8.00. The number of benzene rings is 4. The van der Waals surface area contributed by atoms with E-state index >= 15 is 0 Å². The molecule has 0 aromatic heterocycles. The van der Waals surface area contributed by atoms with E-state index in [9.17, 15) is 0 Å². The summed E-state index contributed by atoms with van der Waals surface area (Å²) < 4.78 is 1.42. The minimum absolute atomic E-state index is 0. The summed E-state index contributed by atoms with van der Waals surface area (Å²) in [4.78, 5) is 0. The first-order valence-corrected chi connectivity index (χ1v) is 12.7. The fourth-order valence-corrected chi connectivity index (χ4v) is 5.33. The van der Waals surface area contributed by atoms with E-state index in [1.54, 1.807) is 0 Å². The van der Waals surface area contributed by atoms with Gasteiger partial charge in [-0.2, -0.15) is 24.3 Å². The second kappa shape index (κ2) is 13.5. The van der Waals surface area contributed by atoms with Crippen molar-refractivity contribution >= 4 is 3.21 Å². The fourth-order valence-electron chi connectivity index (χ4n) is 4.51. The second-order valence-corrected chi connectivity index (χ2v) is 9.23. The predicted octanol–water partition coefficient (Wildman–Crippen LogP) is 3.90. The number of hydrogen-bond donors (Lipinski definition) is 1. The van der Waals surface area contributed by atoms with Crippen molar-refractivity contribution in [1.29, 1.82) is 0 Å². The molecule has 0 heterocycles. The maximum absolute atomic E-state index is 7.00. The molecule has 3 heteroatoms. The number of rotatable bonds is 3. The molecule has 1 N–H and O–H groups in total. The van der Waals surface area contributed by atoms with E-state index in [-0.39, 0.29) is 12.4 Å². The van der Waals surface area contributed by atoms with Gasteiger partial charge < -0.3 is 17.5 Å². The molecule has 0 bridgehead atoms. The van der Waals surface area contributed by atoms with Crippen LogP contribution in [-0.4, -0.2) is 15.4 Å². The van der Waals surface area contributed by atoms with Gasteiger partial charge in [-0.1, -0.05) is 53.6 Å². The Kier molecular flexibility index (Phi) is 10.4. The quantitative estimate of drug-likeness (QED) is 0.382. The molecule has 172 valence electrons. The van der Waals surface area contributed by atoms with E-state index in [0.717, 1.165) is 13.5 Å². The van der Waals surface area contributed by atoms with Gasteiger partial charge in [-0.3, -0.25) is 0 Å². The van der Waals surface area contributed by atoms with Crippen LogP contribution in [0.1, 0.15) is 34.6 Å². The Labute approximate surface area is 229 Å². The molecule has 0 aliphatic heterocycles. The smallest absolute Gasteiger partial charge is 0.00806 e. The Morgan fingerprint density at radius 1 is 0.771 bits per heavy atom.